The molecule has 0 aromatic rings. The summed E-state index contributed by atoms with van der Waals surface area (Å²) in [5.41, 5.74) is 0. The van der Waals surface area contributed by atoms with Crippen molar-refractivity contribution in [3.63, 3.8) is 0 Å². The van der Waals surface area contributed by atoms with Crippen LogP contribution in [-0.4, -0.2) is 55.9 Å². The van der Waals surface area contributed by atoms with Crippen LogP contribution in [0.1, 0.15) is 6.92 Å². The highest BCUT2D eigenvalue weighted by molar-refractivity contribution is 5.69. The van der Waals surface area contributed by atoms with Crippen LogP contribution in [0.2, 0.25) is 0 Å². The highest BCUT2D eigenvalue weighted by Crippen LogP contribution is 2.07. The second kappa shape index (κ2) is 4.14. The van der Waals surface area contributed by atoms with Crippen molar-refractivity contribution in [3.05, 3.63) is 0 Å². The molecule has 0 radical (unpaired) electrons. The van der Waals surface area contributed by atoms with Crippen molar-refractivity contribution in [3.8, 4) is 0 Å². The van der Waals surface area contributed by atoms with Crippen LogP contribution in [0.5, 0.6) is 0 Å². The molecule has 0 aliphatic carbocycles. The van der Waals surface area contributed by atoms with Gasteiger partial charge in [0.15, 0.2) is 0 Å². The Kier molecular flexibility index (Phi) is 2.88. The summed E-state index contributed by atoms with van der Waals surface area (Å²) in [5.74, 6) is 0. The van der Waals surface area contributed by atoms with Crippen LogP contribution in [-0.2, 0) is 4.74 Å². The molecule has 2 saturated heterocycles. The second-order valence-electron chi connectivity index (χ2n) is 3.96. The Balaban J connectivity index is 1.81. The number of rotatable bonds is 2. The normalized spacial score (nSPS) is 33.9. The Hall–Kier alpha value is -0.810. The maximum absolute atomic E-state index is 10.8. The molecule has 2 fully saturated rings. The van der Waals surface area contributed by atoms with E-state index in [4.69, 9.17) is 4.74 Å². The van der Waals surface area contributed by atoms with E-state index in [2.05, 4.69) is 22.5 Å². The predicted octanol–water partition coefficient (Wildman–Crippen LogP) is -0.611. The molecule has 0 spiro atoms. The number of ether oxygens (including phenoxy) is 1. The van der Waals surface area contributed by atoms with E-state index in [0.29, 0.717) is 12.6 Å². The van der Waals surface area contributed by atoms with Gasteiger partial charge in [0, 0.05) is 32.2 Å². The quantitative estimate of drug-likeness (QED) is 0.623. The first-order valence-corrected chi connectivity index (χ1v) is 5.15. The minimum Gasteiger partial charge on any atom is -0.443 e. The molecular weight excluding hydrogens is 182 g/mol. The molecule has 0 bridgehead atoms. The third-order valence-electron chi connectivity index (χ3n) is 2.82. The van der Waals surface area contributed by atoms with Gasteiger partial charge in [0.1, 0.15) is 6.10 Å². The Morgan fingerprint density at radius 3 is 3.07 bits per heavy atom. The van der Waals surface area contributed by atoms with Crippen molar-refractivity contribution >= 4 is 6.09 Å². The lowest BCUT2D eigenvalue weighted by atomic mass is 10.2. The first-order valence-electron chi connectivity index (χ1n) is 5.15. The summed E-state index contributed by atoms with van der Waals surface area (Å²) in [5, 5.41) is 6.00. The third-order valence-corrected chi connectivity index (χ3v) is 2.82. The molecule has 2 aliphatic rings. The van der Waals surface area contributed by atoms with Gasteiger partial charge in [-0.25, -0.2) is 4.79 Å². The van der Waals surface area contributed by atoms with Crippen LogP contribution in [0, 0.1) is 0 Å². The van der Waals surface area contributed by atoms with E-state index in [1.54, 1.807) is 0 Å². The van der Waals surface area contributed by atoms with Crippen LogP contribution in [0.25, 0.3) is 0 Å². The van der Waals surface area contributed by atoms with Gasteiger partial charge < -0.3 is 15.4 Å². The molecule has 2 heterocycles. The molecule has 5 nitrogen and oxygen atoms in total. The van der Waals surface area contributed by atoms with Crippen molar-refractivity contribution in [1.29, 1.82) is 0 Å². The number of carbonyl (C=O) groups is 1. The van der Waals surface area contributed by atoms with Gasteiger partial charge in [-0.3, -0.25) is 4.90 Å². The third kappa shape index (κ3) is 2.16. The Morgan fingerprint density at radius 2 is 2.43 bits per heavy atom. The van der Waals surface area contributed by atoms with E-state index in [1.807, 2.05) is 0 Å². The average Bonchev–Trinajstić information content (AvgIpc) is 2.56. The molecule has 2 atom stereocenters. The summed E-state index contributed by atoms with van der Waals surface area (Å²) >= 11 is 0. The summed E-state index contributed by atoms with van der Waals surface area (Å²) in [6, 6.07) is 0.531. The van der Waals surface area contributed by atoms with Crippen LogP contribution >= 0.6 is 0 Å². The molecular formula is C9H17N3O2. The Bertz CT molecular complexity index is 222. The lowest BCUT2D eigenvalue weighted by Crippen LogP contribution is -2.52. The van der Waals surface area contributed by atoms with Crippen molar-refractivity contribution in [1.82, 2.24) is 15.5 Å². The van der Waals surface area contributed by atoms with Crippen molar-refractivity contribution in [2.75, 3.05) is 32.7 Å². The topological polar surface area (TPSA) is 53.6 Å². The molecule has 2 N–H and O–H groups in total. The predicted molar refractivity (Wildman–Crippen MR) is 52.2 cm³/mol. The number of piperazine rings is 1. The highest BCUT2D eigenvalue weighted by Gasteiger charge is 2.27. The monoisotopic (exact) mass is 199 g/mol. The van der Waals surface area contributed by atoms with Crippen molar-refractivity contribution < 1.29 is 9.53 Å². The molecule has 1 amide bonds. The highest BCUT2D eigenvalue weighted by atomic mass is 16.6. The summed E-state index contributed by atoms with van der Waals surface area (Å²) in [6.45, 7) is 6.77. The molecule has 2 aliphatic heterocycles. The van der Waals surface area contributed by atoms with E-state index >= 15 is 0 Å². The van der Waals surface area contributed by atoms with Crippen LogP contribution < -0.4 is 10.6 Å². The maximum Gasteiger partial charge on any atom is 0.407 e. The summed E-state index contributed by atoms with van der Waals surface area (Å²) < 4.78 is 5.10. The number of carbonyl (C=O) groups excluding carboxylic acids is 1. The first kappa shape index (κ1) is 9.73. The largest absolute Gasteiger partial charge is 0.443 e. The van der Waals surface area contributed by atoms with Gasteiger partial charge in [0.2, 0.25) is 0 Å². The number of cyclic esters (lactones) is 1. The van der Waals surface area contributed by atoms with Crippen molar-refractivity contribution in [2.45, 2.75) is 19.1 Å². The lowest BCUT2D eigenvalue weighted by molar-refractivity contribution is 0.0833. The number of hydrogen-bond acceptors (Lipinski definition) is 4. The van der Waals surface area contributed by atoms with Crippen LogP contribution in [0.4, 0.5) is 4.79 Å². The summed E-state index contributed by atoms with van der Waals surface area (Å²) in [4.78, 5) is 13.2. The van der Waals surface area contributed by atoms with Gasteiger partial charge in [-0.05, 0) is 6.92 Å². The molecule has 1 unspecified atom stereocenters. The standard InChI is InChI=1S/C9H17N3O2/c1-7-4-10-2-3-12(7)6-8-5-11-9(13)14-8/h7-8,10H,2-6H2,1H3,(H,11,13)/t7-,8?/m1/s1. The lowest BCUT2D eigenvalue weighted by Gasteiger charge is -2.34. The van der Waals surface area contributed by atoms with E-state index in [1.165, 1.54) is 0 Å². The molecule has 5 heteroatoms. The van der Waals surface area contributed by atoms with E-state index < -0.39 is 0 Å². The fraction of sp³-hybridized carbons (Fsp3) is 0.889. The Morgan fingerprint density at radius 1 is 1.57 bits per heavy atom. The van der Waals surface area contributed by atoms with Gasteiger partial charge in [-0.2, -0.15) is 0 Å². The zero-order chi connectivity index (χ0) is 9.97. The molecule has 0 aromatic heterocycles. The molecule has 0 aromatic carbocycles. The number of amides is 1. The van der Waals surface area contributed by atoms with E-state index in [9.17, 15) is 4.79 Å². The fourth-order valence-electron chi connectivity index (χ4n) is 1.95. The van der Waals surface area contributed by atoms with Gasteiger partial charge in [-0.15, -0.1) is 0 Å². The van der Waals surface area contributed by atoms with Gasteiger partial charge in [0.25, 0.3) is 0 Å². The average molecular weight is 199 g/mol. The minimum atomic E-state index is -0.280. The Labute approximate surface area is 83.8 Å². The molecule has 14 heavy (non-hydrogen) atoms. The van der Waals surface area contributed by atoms with Crippen molar-refractivity contribution in [2.24, 2.45) is 0 Å². The van der Waals surface area contributed by atoms with Gasteiger partial charge in [-0.1, -0.05) is 0 Å². The molecule has 0 saturated carbocycles. The van der Waals surface area contributed by atoms with Crippen LogP contribution in [0.15, 0.2) is 0 Å². The summed E-state index contributed by atoms with van der Waals surface area (Å²) in [7, 11) is 0. The fourth-order valence-corrected chi connectivity index (χ4v) is 1.95. The van der Waals surface area contributed by atoms with E-state index in [0.717, 1.165) is 26.2 Å². The van der Waals surface area contributed by atoms with Gasteiger partial charge in [0.05, 0.1) is 6.54 Å². The zero-order valence-corrected chi connectivity index (χ0v) is 8.45. The smallest absolute Gasteiger partial charge is 0.407 e. The summed E-state index contributed by atoms with van der Waals surface area (Å²) in [6.07, 6.45) is -0.249. The number of nitrogens with one attached hydrogen (secondary N) is 2. The first-order chi connectivity index (χ1) is 6.75. The zero-order valence-electron chi connectivity index (χ0n) is 8.45. The number of nitrogens with zero attached hydrogens (tertiary/aromatic N) is 1. The second-order valence-corrected chi connectivity index (χ2v) is 3.96. The van der Waals surface area contributed by atoms with E-state index in [-0.39, 0.29) is 12.2 Å². The minimum absolute atomic E-state index is 0.0306. The number of alkyl carbamates (subject to hydrolysis) is 1. The molecule has 80 valence electrons. The maximum atomic E-state index is 10.8. The molecule has 2 rings (SSSR count). The van der Waals surface area contributed by atoms with Crippen LogP contribution in [0.3, 0.4) is 0 Å². The number of hydrogen-bond donors (Lipinski definition) is 2. The SMILES string of the molecule is C[C@@H]1CNCCN1CC1CNC(=O)O1. The van der Waals surface area contributed by atoms with Gasteiger partial charge >= 0.3 is 6.09 Å².